The van der Waals surface area contributed by atoms with Crippen molar-refractivity contribution in [2.45, 2.75) is 32.5 Å². The van der Waals surface area contributed by atoms with Crippen LogP contribution in [0.2, 0.25) is 10.0 Å². The molecular formula is C16H21Cl2N3OS. The molecule has 7 heteroatoms. The van der Waals surface area contributed by atoms with Crippen molar-refractivity contribution in [1.82, 2.24) is 14.8 Å². The number of hydrogen-bond acceptors (Lipinski definition) is 4. The summed E-state index contributed by atoms with van der Waals surface area (Å²) >= 11 is 14.0. The van der Waals surface area contributed by atoms with E-state index in [2.05, 4.69) is 28.6 Å². The maximum absolute atomic E-state index is 6.34. The molecule has 1 heterocycles. The monoisotopic (exact) mass is 373 g/mol. The van der Waals surface area contributed by atoms with Crippen LogP contribution >= 0.6 is 35.0 Å². The van der Waals surface area contributed by atoms with Crippen LogP contribution in [0.5, 0.6) is 0 Å². The molecular weight excluding hydrogens is 353 g/mol. The summed E-state index contributed by atoms with van der Waals surface area (Å²) in [6.45, 7) is 8.59. The van der Waals surface area contributed by atoms with E-state index >= 15 is 0 Å². The van der Waals surface area contributed by atoms with Gasteiger partial charge in [0, 0.05) is 29.5 Å². The molecule has 0 aliphatic heterocycles. The van der Waals surface area contributed by atoms with Gasteiger partial charge in [0.05, 0.1) is 11.6 Å². The van der Waals surface area contributed by atoms with Crippen molar-refractivity contribution < 1.29 is 4.74 Å². The SMILES string of the molecule is CCOCCSc1nnc(-c2ccc(Cl)cc2Cl)n1CC(C)C. The highest BCUT2D eigenvalue weighted by Gasteiger charge is 2.17. The van der Waals surface area contributed by atoms with Crippen LogP contribution in [0.25, 0.3) is 11.4 Å². The molecule has 0 radical (unpaired) electrons. The molecule has 126 valence electrons. The van der Waals surface area contributed by atoms with Crippen molar-refractivity contribution in [2.75, 3.05) is 19.0 Å². The molecule has 0 saturated carbocycles. The van der Waals surface area contributed by atoms with Crippen LogP contribution in [0, 0.1) is 5.92 Å². The summed E-state index contributed by atoms with van der Waals surface area (Å²) in [5, 5.41) is 10.8. The number of hydrogen-bond donors (Lipinski definition) is 0. The Hall–Kier alpha value is -0.750. The minimum atomic E-state index is 0.474. The van der Waals surface area contributed by atoms with Crippen molar-refractivity contribution in [3.63, 3.8) is 0 Å². The first kappa shape index (κ1) is 18.6. The van der Waals surface area contributed by atoms with Crippen LogP contribution in [0.3, 0.4) is 0 Å². The van der Waals surface area contributed by atoms with E-state index < -0.39 is 0 Å². The van der Waals surface area contributed by atoms with Gasteiger partial charge in [-0.2, -0.15) is 0 Å². The predicted octanol–water partition coefficient (Wildman–Crippen LogP) is 5.04. The molecule has 0 aliphatic rings. The van der Waals surface area contributed by atoms with Crippen LogP contribution in [0.4, 0.5) is 0 Å². The lowest BCUT2D eigenvalue weighted by Gasteiger charge is -2.13. The van der Waals surface area contributed by atoms with Crippen molar-refractivity contribution in [1.29, 1.82) is 0 Å². The number of benzene rings is 1. The Labute approximate surface area is 151 Å². The van der Waals surface area contributed by atoms with Crippen molar-refractivity contribution in [3.05, 3.63) is 28.2 Å². The molecule has 4 nitrogen and oxygen atoms in total. The van der Waals surface area contributed by atoms with Gasteiger partial charge in [-0.15, -0.1) is 10.2 Å². The zero-order valence-corrected chi connectivity index (χ0v) is 15.9. The normalized spacial score (nSPS) is 11.4. The van der Waals surface area contributed by atoms with Crippen LogP contribution in [-0.2, 0) is 11.3 Å². The lowest BCUT2D eigenvalue weighted by Crippen LogP contribution is -2.08. The molecule has 1 aromatic carbocycles. The molecule has 0 fully saturated rings. The van der Waals surface area contributed by atoms with Gasteiger partial charge in [0.1, 0.15) is 0 Å². The highest BCUT2D eigenvalue weighted by atomic mass is 35.5. The first-order chi connectivity index (χ1) is 11.0. The summed E-state index contributed by atoms with van der Waals surface area (Å²) in [5.74, 6) is 2.10. The Morgan fingerprint density at radius 2 is 2.04 bits per heavy atom. The number of thioether (sulfide) groups is 1. The third-order valence-corrected chi connectivity index (χ3v) is 4.58. The van der Waals surface area contributed by atoms with E-state index in [-0.39, 0.29) is 0 Å². The average Bonchev–Trinajstić information content (AvgIpc) is 2.86. The Kier molecular flexibility index (Phi) is 7.21. The molecule has 0 saturated heterocycles. The Morgan fingerprint density at radius 3 is 2.70 bits per heavy atom. The first-order valence-corrected chi connectivity index (χ1v) is 9.36. The van der Waals surface area contributed by atoms with E-state index in [1.807, 2.05) is 19.1 Å². The number of ether oxygens (including phenoxy) is 1. The summed E-state index contributed by atoms with van der Waals surface area (Å²) in [5.41, 5.74) is 0.848. The van der Waals surface area contributed by atoms with Crippen LogP contribution in [0.1, 0.15) is 20.8 Å². The molecule has 0 spiro atoms. The molecule has 2 rings (SSSR count). The van der Waals surface area contributed by atoms with E-state index in [4.69, 9.17) is 27.9 Å². The molecule has 0 atom stereocenters. The van der Waals surface area contributed by atoms with Crippen molar-refractivity contribution >= 4 is 35.0 Å². The summed E-state index contributed by atoms with van der Waals surface area (Å²) in [6.07, 6.45) is 0. The van der Waals surface area contributed by atoms with Gasteiger partial charge in [0.25, 0.3) is 0 Å². The quantitative estimate of drug-likeness (QED) is 0.480. The van der Waals surface area contributed by atoms with Gasteiger partial charge in [-0.1, -0.05) is 48.8 Å². The predicted molar refractivity (Wildman–Crippen MR) is 97.5 cm³/mol. The van der Waals surface area contributed by atoms with Crippen LogP contribution in [0.15, 0.2) is 23.4 Å². The maximum Gasteiger partial charge on any atom is 0.191 e. The Morgan fingerprint density at radius 1 is 1.26 bits per heavy atom. The zero-order chi connectivity index (χ0) is 16.8. The molecule has 23 heavy (non-hydrogen) atoms. The van der Waals surface area contributed by atoms with Crippen LogP contribution < -0.4 is 0 Å². The Bertz CT molecular complexity index is 646. The van der Waals surface area contributed by atoms with Crippen LogP contribution in [-0.4, -0.2) is 33.7 Å². The highest BCUT2D eigenvalue weighted by molar-refractivity contribution is 7.99. The number of rotatable bonds is 8. The third-order valence-electron chi connectivity index (χ3n) is 3.10. The van der Waals surface area contributed by atoms with Gasteiger partial charge in [0.15, 0.2) is 11.0 Å². The second-order valence-corrected chi connectivity index (χ2v) is 7.39. The van der Waals surface area contributed by atoms with Gasteiger partial charge in [0.2, 0.25) is 0 Å². The van der Waals surface area contributed by atoms with E-state index in [1.165, 1.54) is 0 Å². The number of halogens is 2. The van der Waals surface area contributed by atoms with Gasteiger partial charge < -0.3 is 9.30 Å². The fourth-order valence-electron chi connectivity index (χ4n) is 2.13. The van der Waals surface area contributed by atoms with Crippen molar-refractivity contribution in [2.24, 2.45) is 5.92 Å². The summed E-state index contributed by atoms with van der Waals surface area (Å²) in [4.78, 5) is 0. The lowest BCUT2D eigenvalue weighted by molar-refractivity contribution is 0.164. The molecule has 1 aromatic heterocycles. The van der Waals surface area contributed by atoms with E-state index in [0.717, 1.165) is 35.4 Å². The van der Waals surface area contributed by atoms with E-state index in [1.54, 1.807) is 17.8 Å². The minimum absolute atomic E-state index is 0.474. The molecule has 0 bridgehead atoms. The highest BCUT2D eigenvalue weighted by Crippen LogP contribution is 2.31. The smallest absolute Gasteiger partial charge is 0.191 e. The lowest BCUT2D eigenvalue weighted by atomic mass is 10.2. The van der Waals surface area contributed by atoms with Gasteiger partial charge in [-0.25, -0.2) is 0 Å². The molecule has 0 N–H and O–H groups in total. The topological polar surface area (TPSA) is 39.9 Å². The van der Waals surface area contributed by atoms with E-state index in [9.17, 15) is 0 Å². The third kappa shape index (κ3) is 5.11. The standard InChI is InChI=1S/C16H21Cl2N3OS/c1-4-22-7-8-23-16-20-19-15(21(16)10-11(2)3)13-6-5-12(17)9-14(13)18/h5-6,9,11H,4,7-8,10H2,1-3H3. The molecule has 0 aliphatic carbocycles. The van der Waals surface area contributed by atoms with E-state index in [0.29, 0.717) is 22.6 Å². The second-order valence-electron chi connectivity index (χ2n) is 5.48. The fourth-order valence-corrected chi connectivity index (χ4v) is 3.42. The minimum Gasteiger partial charge on any atom is -0.381 e. The van der Waals surface area contributed by atoms with Gasteiger partial charge >= 0.3 is 0 Å². The molecule has 0 unspecified atom stereocenters. The molecule has 2 aromatic rings. The summed E-state index contributed by atoms with van der Waals surface area (Å²) < 4.78 is 7.51. The number of nitrogens with zero attached hydrogens (tertiary/aromatic N) is 3. The van der Waals surface area contributed by atoms with Crippen molar-refractivity contribution in [3.8, 4) is 11.4 Å². The Balaban J connectivity index is 2.29. The zero-order valence-electron chi connectivity index (χ0n) is 13.6. The number of aromatic nitrogens is 3. The molecule has 0 amide bonds. The second kappa shape index (κ2) is 8.92. The first-order valence-electron chi connectivity index (χ1n) is 7.62. The maximum atomic E-state index is 6.34. The van der Waals surface area contributed by atoms with Gasteiger partial charge in [-0.3, -0.25) is 0 Å². The fraction of sp³-hybridized carbons (Fsp3) is 0.500. The largest absolute Gasteiger partial charge is 0.381 e. The summed E-state index contributed by atoms with van der Waals surface area (Å²) in [7, 11) is 0. The summed E-state index contributed by atoms with van der Waals surface area (Å²) in [6, 6.07) is 5.44. The van der Waals surface area contributed by atoms with Gasteiger partial charge in [-0.05, 0) is 31.0 Å². The average molecular weight is 374 g/mol.